The molecule has 146 valence electrons. The van der Waals surface area contributed by atoms with E-state index in [9.17, 15) is 4.39 Å². The Hall–Kier alpha value is -2.11. The van der Waals surface area contributed by atoms with Crippen LogP contribution in [0.1, 0.15) is 30.5 Å². The minimum atomic E-state index is -0.300. The van der Waals surface area contributed by atoms with Crippen LogP contribution in [0.25, 0.3) is 11.0 Å². The maximum Gasteiger partial charge on any atom is 0.170 e. The Labute approximate surface area is 168 Å². The quantitative estimate of drug-likeness (QED) is 0.616. The second-order valence-electron chi connectivity index (χ2n) is 7.94. The molecular formula is C22H22ClFN2O2. The first-order valence-corrected chi connectivity index (χ1v) is 10.2. The minimum absolute atomic E-state index is 0.149. The molecule has 0 bridgehead atoms. The van der Waals surface area contributed by atoms with Crippen molar-refractivity contribution in [1.82, 2.24) is 10.1 Å². The summed E-state index contributed by atoms with van der Waals surface area (Å²) in [6.45, 7) is 2.98. The van der Waals surface area contributed by atoms with E-state index in [1.165, 1.54) is 17.7 Å². The standard InChI is InChI=1S/C22H22ClFN2O2/c23-18-5-1-4-15-13-22(27-21(15)18)9-3-11-26(14-22)10-2-6-19-17-8-7-16(24)12-20(17)28-25-19/h1,4-5,7-8,12H,2-3,6,9-11,13-14H2. The summed E-state index contributed by atoms with van der Waals surface area (Å²) in [6.07, 6.45) is 4.91. The molecule has 0 amide bonds. The predicted octanol–water partition coefficient (Wildman–Crippen LogP) is 5.02. The zero-order valence-electron chi connectivity index (χ0n) is 15.6. The van der Waals surface area contributed by atoms with Crippen molar-refractivity contribution in [2.45, 2.75) is 37.7 Å². The van der Waals surface area contributed by atoms with Gasteiger partial charge in [-0.15, -0.1) is 0 Å². The van der Waals surface area contributed by atoms with Crippen molar-refractivity contribution in [2.24, 2.45) is 0 Å². The Morgan fingerprint density at radius 2 is 2.18 bits per heavy atom. The summed E-state index contributed by atoms with van der Waals surface area (Å²) in [5.41, 5.74) is 2.48. The van der Waals surface area contributed by atoms with Crippen LogP contribution < -0.4 is 4.74 Å². The minimum Gasteiger partial charge on any atom is -0.484 e. The van der Waals surface area contributed by atoms with E-state index < -0.39 is 0 Å². The van der Waals surface area contributed by atoms with Crippen LogP contribution in [-0.2, 0) is 12.8 Å². The number of rotatable bonds is 4. The van der Waals surface area contributed by atoms with Crippen molar-refractivity contribution in [1.29, 1.82) is 0 Å². The number of fused-ring (bicyclic) bond motifs is 2. The first-order valence-electron chi connectivity index (χ1n) is 9.85. The fourth-order valence-corrected chi connectivity index (χ4v) is 4.86. The van der Waals surface area contributed by atoms with Gasteiger partial charge in [0.1, 0.15) is 17.2 Å². The number of aryl methyl sites for hydroxylation is 1. The third kappa shape index (κ3) is 3.27. The normalized spacial score (nSPS) is 21.9. The third-order valence-electron chi connectivity index (χ3n) is 5.89. The number of hydrogen-bond donors (Lipinski definition) is 0. The highest BCUT2D eigenvalue weighted by Gasteiger charge is 2.43. The van der Waals surface area contributed by atoms with Gasteiger partial charge in [0.2, 0.25) is 0 Å². The topological polar surface area (TPSA) is 38.5 Å². The summed E-state index contributed by atoms with van der Waals surface area (Å²) in [4.78, 5) is 2.48. The van der Waals surface area contributed by atoms with Crippen molar-refractivity contribution in [2.75, 3.05) is 19.6 Å². The average molecular weight is 401 g/mol. The highest BCUT2D eigenvalue weighted by atomic mass is 35.5. The highest BCUT2D eigenvalue weighted by Crippen LogP contribution is 2.43. The van der Waals surface area contributed by atoms with Crippen LogP contribution in [0, 0.1) is 5.82 Å². The average Bonchev–Trinajstić information content (AvgIpc) is 3.23. The number of piperidine rings is 1. The Morgan fingerprint density at radius 3 is 3.07 bits per heavy atom. The Morgan fingerprint density at radius 1 is 1.25 bits per heavy atom. The molecule has 1 unspecified atom stereocenters. The monoisotopic (exact) mass is 400 g/mol. The number of benzene rings is 2. The van der Waals surface area contributed by atoms with Gasteiger partial charge in [0.05, 0.1) is 10.7 Å². The van der Waals surface area contributed by atoms with Gasteiger partial charge < -0.3 is 9.26 Å². The van der Waals surface area contributed by atoms with Gasteiger partial charge in [-0.25, -0.2) is 4.39 Å². The number of para-hydroxylation sites is 1. The molecule has 5 rings (SSSR count). The molecule has 3 heterocycles. The lowest BCUT2D eigenvalue weighted by Gasteiger charge is -2.39. The SMILES string of the molecule is Fc1ccc2c(CCCN3CCCC4(Cc5cccc(Cl)c5O4)C3)noc2c1. The van der Waals surface area contributed by atoms with Gasteiger partial charge in [-0.05, 0) is 62.5 Å². The van der Waals surface area contributed by atoms with Crippen LogP contribution in [0.5, 0.6) is 5.75 Å². The van der Waals surface area contributed by atoms with Crippen molar-refractivity contribution >= 4 is 22.6 Å². The van der Waals surface area contributed by atoms with E-state index in [2.05, 4.69) is 16.1 Å². The summed E-state index contributed by atoms with van der Waals surface area (Å²) < 4.78 is 24.9. The molecule has 1 saturated heterocycles. The molecule has 3 aromatic rings. The molecule has 1 spiro atoms. The molecule has 1 aromatic heterocycles. The second kappa shape index (κ2) is 7.05. The molecule has 1 atom stereocenters. The highest BCUT2D eigenvalue weighted by molar-refractivity contribution is 6.32. The van der Waals surface area contributed by atoms with Gasteiger partial charge in [0, 0.05) is 24.4 Å². The van der Waals surface area contributed by atoms with Gasteiger partial charge in [0.15, 0.2) is 5.58 Å². The van der Waals surface area contributed by atoms with E-state index in [4.69, 9.17) is 20.9 Å². The number of ether oxygens (including phenoxy) is 1. The third-order valence-corrected chi connectivity index (χ3v) is 6.19. The summed E-state index contributed by atoms with van der Waals surface area (Å²) in [5, 5.41) is 5.74. The molecular weight excluding hydrogens is 379 g/mol. The molecule has 2 aromatic carbocycles. The van der Waals surface area contributed by atoms with Crippen LogP contribution in [0.15, 0.2) is 40.9 Å². The van der Waals surface area contributed by atoms with E-state index in [1.54, 1.807) is 6.07 Å². The van der Waals surface area contributed by atoms with Crippen LogP contribution in [-0.4, -0.2) is 35.3 Å². The zero-order chi connectivity index (χ0) is 19.1. The number of hydrogen-bond acceptors (Lipinski definition) is 4. The second-order valence-corrected chi connectivity index (χ2v) is 8.35. The van der Waals surface area contributed by atoms with Crippen molar-refractivity contribution in [3.63, 3.8) is 0 Å². The summed E-state index contributed by atoms with van der Waals surface area (Å²) in [6, 6.07) is 10.6. The van der Waals surface area contributed by atoms with Crippen molar-refractivity contribution in [3.8, 4) is 5.75 Å². The van der Waals surface area contributed by atoms with E-state index in [0.717, 1.165) is 68.6 Å². The Bertz CT molecular complexity index is 1020. The van der Waals surface area contributed by atoms with Crippen LogP contribution in [0.3, 0.4) is 0 Å². The first kappa shape index (κ1) is 18.0. The molecule has 4 nitrogen and oxygen atoms in total. The Balaban J connectivity index is 1.21. The van der Waals surface area contributed by atoms with Gasteiger partial charge >= 0.3 is 0 Å². The molecule has 0 N–H and O–H groups in total. The van der Waals surface area contributed by atoms with Crippen LogP contribution in [0.4, 0.5) is 4.39 Å². The summed E-state index contributed by atoms with van der Waals surface area (Å²) in [7, 11) is 0. The van der Waals surface area contributed by atoms with E-state index in [-0.39, 0.29) is 11.4 Å². The first-order chi connectivity index (χ1) is 13.6. The number of likely N-dealkylation sites (tertiary alicyclic amines) is 1. The largest absolute Gasteiger partial charge is 0.484 e. The maximum absolute atomic E-state index is 13.3. The number of halogens is 2. The molecule has 0 saturated carbocycles. The molecule has 2 aliphatic heterocycles. The van der Waals surface area contributed by atoms with Gasteiger partial charge in [0.25, 0.3) is 0 Å². The molecule has 0 radical (unpaired) electrons. The van der Waals surface area contributed by atoms with E-state index in [1.807, 2.05) is 12.1 Å². The summed E-state index contributed by atoms with van der Waals surface area (Å²) in [5.74, 6) is 0.568. The number of nitrogens with zero attached hydrogens (tertiary/aromatic N) is 2. The fourth-order valence-electron chi connectivity index (χ4n) is 4.63. The zero-order valence-corrected chi connectivity index (χ0v) is 16.3. The van der Waals surface area contributed by atoms with Gasteiger partial charge in [-0.3, -0.25) is 4.90 Å². The summed E-state index contributed by atoms with van der Waals surface area (Å²) >= 11 is 6.33. The molecule has 2 aliphatic rings. The lowest BCUT2D eigenvalue weighted by atomic mass is 9.88. The van der Waals surface area contributed by atoms with Crippen LogP contribution in [0.2, 0.25) is 5.02 Å². The molecule has 1 fully saturated rings. The van der Waals surface area contributed by atoms with Gasteiger partial charge in [-0.2, -0.15) is 0 Å². The maximum atomic E-state index is 13.3. The molecule has 0 aliphatic carbocycles. The number of aromatic nitrogens is 1. The smallest absolute Gasteiger partial charge is 0.170 e. The molecule has 6 heteroatoms. The lowest BCUT2D eigenvalue weighted by molar-refractivity contribution is 0.00804. The van der Waals surface area contributed by atoms with Crippen molar-refractivity contribution in [3.05, 3.63) is 58.5 Å². The lowest BCUT2D eigenvalue weighted by Crippen LogP contribution is -2.51. The van der Waals surface area contributed by atoms with Crippen molar-refractivity contribution < 1.29 is 13.7 Å². The van der Waals surface area contributed by atoms with Gasteiger partial charge in [-0.1, -0.05) is 28.9 Å². The van der Waals surface area contributed by atoms with Crippen LogP contribution >= 0.6 is 11.6 Å². The fraction of sp³-hybridized carbons (Fsp3) is 0.409. The predicted molar refractivity (Wildman–Crippen MR) is 106 cm³/mol. The van der Waals surface area contributed by atoms with E-state index >= 15 is 0 Å². The Kier molecular flexibility index (Phi) is 4.52. The molecule has 28 heavy (non-hydrogen) atoms. The van der Waals surface area contributed by atoms with E-state index in [0.29, 0.717) is 10.6 Å².